The van der Waals surface area contributed by atoms with Gasteiger partial charge in [0, 0.05) is 12.7 Å². The maximum atomic E-state index is 12.4. The molecule has 0 aromatic carbocycles. The maximum absolute atomic E-state index is 12.4. The molecular formula is C10H11ClF2IN3. The smallest absolute Gasteiger partial charge is 0.255 e. The van der Waals surface area contributed by atoms with E-state index in [4.69, 9.17) is 11.6 Å². The molecule has 1 heterocycles. The topological polar surface area (TPSA) is 28.5 Å². The minimum atomic E-state index is -2.40. The first-order valence-corrected chi connectivity index (χ1v) is 6.16. The second-order valence-electron chi connectivity index (χ2n) is 3.39. The lowest BCUT2D eigenvalue weighted by molar-refractivity contribution is 0.114. The summed E-state index contributed by atoms with van der Waals surface area (Å²) < 4.78 is 28.7. The van der Waals surface area contributed by atoms with Crippen molar-refractivity contribution in [2.45, 2.75) is 19.9 Å². The summed E-state index contributed by atoms with van der Waals surface area (Å²) in [6.07, 6.45) is -0.829. The Kier molecular flexibility index (Phi) is 6.04. The van der Waals surface area contributed by atoms with Crippen molar-refractivity contribution < 1.29 is 8.78 Å². The molecule has 0 aliphatic carbocycles. The quantitative estimate of drug-likeness (QED) is 0.349. The summed E-state index contributed by atoms with van der Waals surface area (Å²) in [5.74, 6) is 0.556. The van der Waals surface area contributed by atoms with Crippen LogP contribution in [0.3, 0.4) is 0 Å². The van der Waals surface area contributed by atoms with E-state index in [-0.39, 0.29) is 6.54 Å². The molecule has 17 heavy (non-hydrogen) atoms. The molecule has 0 bridgehead atoms. The predicted molar refractivity (Wildman–Crippen MR) is 72.8 cm³/mol. The van der Waals surface area contributed by atoms with Gasteiger partial charge in [-0.25, -0.2) is 17.0 Å². The van der Waals surface area contributed by atoms with Crippen LogP contribution in [-0.4, -0.2) is 28.7 Å². The Balaban J connectivity index is 2.75. The van der Waals surface area contributed by atoms with Crippen LogP contribution >= 0.6 is 34.5 Å². The molecular weight excluding hydrogens is 362 g/mol. The molecule has 0 N–H and O–H groups in total. The third-order valence-corrected chi connectivity index (χ3v) is 3.02. The van der Waals surface area contributed by atoms with E-state index in [1.54, 1.807) is 48.1 Å². The number of pyridine rings is 1. The minimum Gasteiger partial charge on any atom is -0.350 e. The van der Waals surface area contributed by atoms with E-state index in [0.717, 1.165) is 5.56 Å². The van der Waals surface area contributed by atoms with Crippen molar-refractivity contribution in [3.05, 3.63) is 29.0 Å². The van der Waals surface area contributed by atoms with Crippen molar-refractivity contribution in [1.82, 2.24) is 9.88 Å². The van der Waals surface area contributed by atoms with Crippen molar-refractivity contribution in [2.75, 3.05) is 6.54 Å². The minimum absolute atomic E-state index is 0.340. The van der Waals surface area contributed by atoms with Gasteiger partial charge in [0.15, 0.2) is 0 Å². The largest absolute Gasteiger partial charge is 0.350 e. The molecule has 0 amide bonds. The van der Waals surface area contributed by atoms with Crippen LogP contribution in [0.15, 0.2) is 21.5 Å². The van der Waals surface area contributed by atoms with Gasteiger partial charge in [0.25, 0.3) is 6.43 Å². The summed E-state index contributed by atoms with van der Waals surface area (Å²) in [4.78, 5) is 5.41. The fraction of sp³-hybridized carbons (Fsp3) is 0.400. The van der Waals surface area contributed by atoms with Crippen molar-refractivity contribution >= 4 is 40.3 Å². The van der Waals surface area contributed by atoms with Gasteiger partial charge in [0.05, 0.1) is 29.4 Å². The Morgan fingerprint density at radius 1 is 1.59 bits per heavy atom. The lowest BCUT2D eigenvalue weighted by Gasteiger charge is -2.23. The zero-order chi connectivity index (χ0) is 12.8. The number of aromatic nitrogens is 1. The number of halogens is 4. The molecule has 1 aromatic heterocycles. The second-order valence-corrected chi connectivity index (χ2v) is 4.26. The lowest BCUT2D eigenvalue weighted by Crippen LogP contribution is -2.32. The molecule has 0 radical (unpaired) electrons. The SMILES string of the molecule is CC(=NI)N(Cc1ccc(Cl)nc1)CC(F)F. The number of alkyl halides is 2. The molecule has 1 rings (SSSR count). The summed E-state index contributed by atoms with van der Waals surface area (Å²) in [6, 6.07) is 3.39. The Morgan fingerprint density at radius 2 is 2.29 bits per heavy atom. The van der Waals surface area contributed by atoms with E-state index in [0.29, 0.717) is 17.5 Å². The molecule has 0 aliphatic heterocycles. The zero-order valence-corrected chi connectivity index (χ0v) is 12.0. The van der Waals surface area contributed by atoms with E-state index in [1.165, 1.54) is 4.90 Å². The maximum Gasteiger partial charge on any atom is 0.255 e. The van der Waals surface area contributed by atoms with E-state index in [9.17, 15) is 8.78 Å². The van der Waals surface area contributed by atoms with Crippen LogP contribution in [0.4, 0.5) is 8.78 Å². The third-order valence-electron chi connectivity index (χ3n) is 2.10. The van der Waals surface area contributed by atoms with Gasteiger partial charge in [0.2, 0.25) is 0 Å². The van der Waals surface area contributed by atoms with E-state index in [1.807, 2.05) is 0 Å². The summed E-state index contributed by atoms with van der Waals surface area (Å²) >= 11 is 7.44. The molecule has 1 aromatic rings. The number of hydrogen-bond acceptors (Lipinski definition) is 2. The first-order chi connectivity index (χ1) is 8.02. The standard InChI is InChI=1S/C10H11ClF2IN3/c1-7(16-14)17(6-10(12)13)5-8-2-3-9(11)15-4-8/h2-4,10H,5-6H2,1H3. The molecule has 3 nitrogen and oxygen atoms in total. The van der Waals surface area contributed by atoms with Crippen molar-refractivity contribution in [3.8, 4) is 0 Å². The highest BCUT2D eigenvalue weighted by molar-refractivity contribution is 14.1. The number of nitrogens with zero attached hydrogens (tertiary/aromatic N) is 3. The van der Waals surface area contributed by atoms with Crippen LogP contribution < -0.4 is 0 Å². The third kappa shape index (κ3) is 5.12. The fourth-order valence-corrected chi connectivity index (χ4v) is 1.67. The molecule has 7 heteroatoms. The average Bonchev–Trinajstić information content (AvgIpc) is 2.29. The number of rotatable bonds is 4. The van der Waals surface area contributed by atoms with Crippen LogP contribution in [0.2, 0.25) is 5.15 Å². The Bertz CT molecular complexity index is 384. The Morgan fingerprint density at radius 3 is 2.76 bits per heavy atom. The van der Waals surface area contributed by atoms with E-state index in [2.05, 4.69) is 8.19 Å². The monoisotopic (exact) mass is 373 g/mol. The van der Waals surface area contributed by atoms with Crippen molar-refractivity contribution in [1.29, 1.82) is 0 Å². The highest BCUT2D eigenvalue weighted by Crippen LogP contribution is 2.11. The van der Waals surface area contributed by atoms with Crippen LogP contribution in [0.1, 0.15) is 12.5 Å². The molecule has 0 fully saturated rings. The average molecular weight is 374 g/mol. The summed E-state index contributed by atoms with van der Waals surface area (Å²) in [6.45, 7) is 1.69. The molecule has 0 spiro atoms. The second kappa shape index (κ2) is 7.05. The van der Waals surface area contributed by atoms with Gasteiger partial charge in [-0.3, -0.25) is 0 Å². The lowest BCUT2D eigenvalue weighted by atomic mass is 10.2. The summed E-state index contributed by atoms with van der Waals surface area (Å²) in [7, 11) is 0. The van der Waals surface area contributed by atoms with Gasteiger partial charge in [0.1, 0.15) is 11.0 Å². The summed E-state index contributed by atoms with van der Waals surface area (Å²) in [5, 5.41) is 0.383. The van der Waals surface area contributed by atoms with Gasteiger partial charge < -0.3 is 4.90 Å². The zero-order valence-electron chi connectivity index (χ0n) is 9.08. The molecule has 0 saturated heterocycles. The normalized spacial score (nSPS) is 12.0. The van der Waals surface area contributed by atoms with Crippen LogP contribution in [0, 0.1) is 0 Å². The molecule has 0 atom stereocenters. The molecule has 94 valence electrons. The van der Waals surface area contributed by atoms with Crippen molar-refractivity contribution in [2.24, 2.45) is 3.21 Å². The van der Waals surface area contributed by atoms with Gasteiger partial charge in [-0.05, 0) is 18.6 Å². The highest BCUT2D eigenvalue weighted by atomic mass is 127. The molecule has 0 aliphatic rings. The fourth-order valence-electron chi connectivity index (χ4n) is 1.25. The van der Waals surface area contributed by atoms with E-state index < -0.39 is 6.43 Å². The van der Waals surface area contributed by atoms with Gasteiger partial charge in [-0.2, -0.15) is 0 Å². The number of amidine groups is 1. The molecule has 0 saturated carbocycles. The van der Waals surface area contributed by atoms with Gasteiger partial charge in [-0.1, -0.05) is 17.7 Å². The first kappa shape index (κ1) is 14.6. The summed E-state index contributed by atoms with van der Waals surface area (Å²) in [5.41, 5.74) is 0.814. The van der Waals surface area contributed by atoms with Crippen LogP contribution in [0.25, 0.3) is 0 Å². The predicted octanol–water partition coefficient (Wildman–Crippen LogP) is 3.57. The van der Waals surface area contributed by atoms with Gasteiger partial charge in [-0.15, -0.1) is 0 Å². The Hall–Kier alpha value is -0.500. The van der Waals surface area contributed by atoms with Gasteiger partial charge >= 0.3 is 0 Å². The Labute approximate surface area is 117 Å². The molecule has 0 unspecified atom stereocenters. The van der Waals surface area contributed by atoms with Crippen LogP contribution in [-0.2, 0) is 6.54 Å². The number of hydrogen-bond donors (Lipinski definition) is 0. The highest BCUT2D eigenvalue weighted by Gasteiger charge is 2.14. The van der Waals surface area contributed by atoms with Crippen LogP contribution in [0.5, 0.6) is 0 Å². The van der Waals surface area contributed by atoms with Crippen molar-refractivity contribution in [3.63, 3.8) is 0 Å². The van der Waals surface area contributed by atoms with E-state index >= 15 is 0 Å². The first-order valence-electron chi connectivity index (χ1n) is 4.82.